The van der Waals surface area contributed by atoms with E-state index in [1.165, 1.54) is 4.31 Å². The standard InChI is InChI=1S/C19H24N4O4S/c1-2-28(26,27)23-13-9-15(10-14-23)18(24)20-21-19(25)16-7-3-4-8-17(16)22-11-5-6-12-22/h3-8,11-12,15H,2,9-10,13-14H2,1H3,(H,20,24)(H,21,25). The molecule has 1 saturated heterocycles. The van der Waals surface area contributed by atoms with E-state index in [-0.39, 0.29) is 17.6 Å². The van der Waals surface area contributed by atoms with Gasteiger partial charge in [-0.2, -0.15) is 0 Å². The number of rotatable bonds is 5. The Hall–Kier alpha value is -2.65. The molecule has 0 bridgehead atoms. The Morgan fingerprint density at radius 2 is 1.68 bits per heavy atom. The maximum absolute atomic E-state index is 12.5. The summed E-state index contributed by atoms with van der Waals surface area (Å²) in [7, 11) is -3.23. The largest absolute Gasteiger partial charge is 0.323 e. The molecule has 3 rings (SSSR count). The predicted molar refractivity (Wildman–Crippen MR) is 105 cm³/mol. The van der Waals surface area contributed by atoms with Crippen molar-refractivity contribution in [2.45, 2.75) is 19.8 Å². The lowest BCUT2D eigenvalue weighted by molar-refractivity contribution is -0.126. The third kappa shape index (κ3) is 4.42. The van der Waals surface area contributed by atoms with Gasteiger partial charge in [-0.1, -0.05) is 12.1 Å². The molecule has 2 N–H and O–H groups in total. The number of para-hydroxylation sites is 1. The van der Waals surface area contributed by atoms with Gasteiger partial charge in [0.2, 0.25) is 15.9 Å². The molecule has 1 aromatic carbocycles. The summed E-state index contributed by atoms with van der Waals surface area (Å²) >= 11 is 0. The molecule has 1 aromatic heterocycles. The number of hydrogen-bond donors (Lipinski definition) is 2. The molecule has 2 amide bonds. The van der Waals surface area contributed by atoms with Gasteiger partial charge in [-0.15, -0.1) is 0 Å². The summed E-state index contributed by atoms with van der Waals surface area (Å²) in [6, 6.07) is 10.8. The van der Waals surface area contributed by atoms with E-state index in [0.717, 1.165) is 0 Å². The zero-order valence-electron chi connectivity index (χ0n) is 15.7. The fraction of sp³-hybridized carbons (Fsp3) is 0.368. The van der Waals surface area contributed by atoms with Gasteiger partial charge < -0.3 is 4.57 Å². The second-order valence-electron chi connectivity index (χ2n) is 6.62. The molecule has 0 spiro atoms. The lowest BCUT2D eigenvalue weighted by Gasteiger charge is -2.30. The highest BCUT2D eigenvalue weighted by atomic mass is 32.2. The van der Waals surface area contributed by atoms with Crippen LogP contribution in [0.4, 0.5) is 0 Å². The Morgan fingerprint density at radius 3 is 2.32 bits per heavy atom. The van der Waals surface area contributed by atoms with Crippen LogP contribution >= 0.6 is 0 Å². The van der Waals surface area contributed by atoms with Gasteiger partial charge in [-0.05, 0) is 44.0 Å². The number of carbonyl (C=O) groups is 2. The fourth-order valence-corrected chi connectivity index (χ4v) is 4.38. The Labute approximate surface area is 164 Å². The summed E-state index contributed by atoms with van der Waals surface area (Å²) in [6.07, 6.45) is 4.54. The van der Waals surface area contributed by atoms with E-state index < -0.39 is 15.9 Å². The molecular formula is C19H24N4O4S. The van der Waals surface area contributed by atoms with Gasteiger partial charge in [0.25, 0.3) is 5.91 Å². The van der Waals surface area contributed by atoms with Crippen LogP contribution < -0.4 is 10.9 Å². The number of sulfonamides is 1. The van der Waals surface area contributed by atoms with Crippen molar-refractivity contribution in [3.05, 3.63) is 54.4 Å². The van der Waals surface area contributed by atoms with E-state index in [4.69, 9.17) is 0 Å². The number of aromatic nitrogens is 1. The first-order valence-electron chi connectivity index (χ1n) is 9.22. The van der Waals surface area contributed by atoms with Crippen molar-refractivity contribution >= 4 is 21.8 Å². The number of hydrogen-bond acceptors (Lipinski definition) is 4. The second-order valence-corrected chi connectivity index (χ2v) is 8.88. The first-order chi connectivity index (χ1) is 13.4. The molecule has 0 radical (unpaired) electrons. The van der Waals surface area contributed by atoms with E-state index in [1.807, 2.05) is 41.2 Å². The smallest absolute Gasteiger partial charge is 0.271 e. The van der Waals surface area contributed by atoms with Crippen molar-refractivity contribution in [2.24, 2.45) is 5.92 Å². The number of piperidine rings is 1. The van der Waals surface area contributed by atoms with Crippen molar-refractivity contribution in [1.29, 1.82) is 0 Å². The average molecular weight is 404 g/mol. The van der Waals surface area contributed by atoms with Crippen molar-refractivity contribution in [1.82, 2.24) is 19.7 Å². The van der Waals surface area contributed by atoms with E-state index in [2.05, 4.69) is 10.9 Å². The van der Waals surface area contributed by atoms with E-state index in [1.54, 1.807) is 19.1 Å². The van der Waals surface area contributed by atoms with Crippen molar-refractivity contribution in [2.75, 3.05) is 18.8 Å². The van der Waals surface area contributed by atoms with Crippen LogP contribution in [0.5, 0.6) is 0 Å². The summed E-state index contributed by atoms with van der Waals surface area (Å²) in [5.41, 5.74) is 6.08. The number of hydrazine groups is 1. The van der Waals surface area contributed by atoms with Gasteiger partial charge >= 0.3 is 0 Å². The molecule has 8 nitrogen and oxygen atoms in total. The molecule has 1 fully saturated rings. The number of nitrogens with zero attached hydrogens (tertiary/aromatic N) is 2. The van der Waals surface area contributed by atoms with Crippen molar-refractivity contribution < 1.29 is 18.0 Å². The second kappa shape index (κ2) is 8.57. The zero-order chi connectivity index (χ0) is 20.1. The maximum atomic E-state index is 12.5. The number of nitrogens with one attached hydrogen (secondary N) is 2. The maximum Gasteiger partial charge on any atom is 0.271 e. The van der Waals surface area contributed by atoms with Crippen LogP contribution in [-0.4, -0.2) is 47.9 Å². The highest BCUT2D eigenvalue weighted by Gasteiger charge is 2.30. The summed E-state index contributed by atoms with van der Waals surface area (Å²) in [5, 5.41) is 0. The number of benzene rings is 1. The van der Waals surface area contributed by atoms with Crippen molar-refractivity contribution in [3.63, 3.8) is 0 Å². The monoisotopic (exact) mass is 404 g/mol. The Balaban J connectivity index is 1.57. The first-order valence-corrected chi connectivity index (χ1v) is 10.8. The Morgan fingerprint density at radius 1 is 1.04 bits per heavy atom. The summed E-state index contributed by atoms with van der Waals surface area (Å²) < 4.78 is 27.0. The molecule has 0 atom stereocenters. The van der Waals surface area contributed by atoms with Crippen molar-refractivity contribution in [3.8, 4) is 5.69 Å². The molecule has 150 valence electrons. The molecule has 0 saturated carbocycles. The highest BCUT2D eigenvalue weighted by Crippen LogP contribution is 2.20. The molecule has 2 heterocycles. The van der Waals surface area contributed by atoms with Gasteiger partial charge in [-0.3, -0.25) is 20.4 Å². The van der Waals surface area contributed by atoms with Crippen LogP contribution in [0.1, 0.15) is 30.1 Å². The first kappa shape index (κ1) is 20.1. The minimum Gasteiger partial charge on any atom is -0.323 e. The predicted octanol–water partition coefficient (Wildman–Crippen LogP) is 1.30. The molecule has 0 unspecified atom stereocenters. The molecular weight excluding hydrogens is 380 g/mol. The van der Waals surface area contributed by atoms with Gasteiger partial charge in [0, 0.05) is 31.4 Å². The number of carbonyl (C=O) groups excluding carboxylic acids is 2. The summed E-state index contributed by atoms with van der Waals surface area (Å²) in [6.45, 7) is 2.24. The van der Waals surface area contributed by atoms with Crippen LogP contribution in [0.25, 0.3) is 5.69 Å². The normalized spacial score (nSPS) is 15.9. The van der Waals surface area contributed by atoms with Crippen LogP contribution in [-0.2, 0) is 14.8 Å². The number of amides is 2. The molecule has 9 heteroatoms. The van der Waals surface area contributed by atoms with Crippen LogP contribution in [0.2, 0.25) is 0 Å². The lowest BCUT2D eigenvalue weighted by Crippen LogP contribution is -2.48. The zero-order valence-corrected chi connectivity index (χ0v) is 16.5. The van der Waals surface area contributed by atoms with E-state index in [9.17, 15) is 18.0 Å². The molecule has 28 heavy (non-hydrogen) atoms. The SMILES string of the molecule is CCS(=O)(=O)N1CCC(C(=O)NNC(=O)c2ccccc2-n2cccc2)CC1. The minimum absolute atomic E-state index is 0.0563. The van der Waals surface area contributed by atoms with Crippen LogP contribution in [0.15, 0.2) is 48.8 Å². The average Bonchev–Trinajstić information content (AvgIpc) is 3.26. The summed E-state index contributed by atoms with van der Waals surface area (Å²) in [4.78, 5) is 24.9. The topological polar surface area (TPSA) is 101 Å². The highest BCUT2D eigenvalue weighted by molar-refractivity contribution is 7.89. The van der Waals surface area contributed by atoms with E-state index in [0.29, 0.717) is 37.2 Å². The summed E-state index contributed by atoms with van der Waals surface area (Å²) in [5.74, 6) is -0.993. The fourth-order valence-electron chi connectivity index (χ4n) is 3.25. The lowest BCUT2D eigenvalue weighted by atomic mass is 9.98. The van der Waals surface area contributed by atoms with E-state index >= 15 is 0 Å². The Kier molecular flexibility index (Phi) is 6.15. The van der Waals surface area contributed by atoms with Crippen LogP contribution in [0.3, 0.4) is 0 Å². The molecule has 1 aliphatic rings. The third-order valence-electron chi connectivity index (χ3n) is 4.91. The minimum atomic E-state index is -3.23. The van der Waals surface area contributed by atoms with Gasteiger partial charge in [0.05, 0.1) is 17.0 Å². The molecule has 1 aliphatic heterocycles. The quantitative estimate of drug-likeness (QED) is 0.734. The van der Waals surface area contributed by atoms with Gasteiger partial charge in [-0.25, -0.2) is 12.7 Å². The molecule has 0 aliphatic carbocycles. The van der Waals surface area contributed by atoms with Gasteiger partial charge in [0.1, 0.15) is 0 Å². The van der Waals surface area contributed by atoms with Gasteiger partial charge in [0.15, 0.2) is 0 Å². The third-order valence-corrected chi connectivity index (χ3v) is 6.79. The Bertz CT molecular complexity index is 933. The van der Waals surface area contributed by atoms with Crippen LogP contribution in [0, 0.1) is 5.92 Å². The molecule has 2 aromatic rings.